The van der Waals surface area contributed by atoms with Gasteiger partial charge in [0.2, 0.25) is 5.91 Å². The van der Waals surface area contributed by atoms with Crippen molar-refractivity contribution < 1.29 is 14.7 Å². The van der Waals surface area contributed by atoms with Gasteiger partial charge in [0, 0.05) is 19.5 Å². The molecule has 23 heavy (non-hydrogen) atoms. The molecule has 0 spiro atoms. The van der Waals surface area contributed by atoms with Gasteiger partial charge in [0.25, 0.3) is 0 Å². The summed E-state index contributed by atoms with van der Waals surface area (Å²) in [6, 6.07) is 10.5. The number of piperidine rings is 1. The van der Waals surface area contributed by atoms with Gasteiger partial charge in [-0.15, -0.1) is 0 Å². The molecule has 1 saturated carbocycles. The molecule has 4 nitrogen and oxygen atoms in total. The van der Waals surface area contributed by atoms with Crippen LogP contribution >= 0.6 is 0 Å². The standard InChI is InChI=1S/C19H25NO3/c1-14-13-20(11-8-16(14)15-6-3-2-4-7-15)17(21)12-19(18(22)23)9-5-10-19/h2-4,6-7,14,16H,5,8-13H2,1H3,(H,22,23). The van der Waals surface area contributed by atoms with Crippen molar-refractivity contribution in [3.63, 3.8) is 0 Å². The molecule has 0 aromatic heterocycles. The predicted octanol–water partition coefficient (Wildman–Crippen LogP) is 3.28. The fourth-order valence-electron chi connectivity index (χ4n) is 4.04. The van der Waals surface area contributed by atoms with Gasteiger partial charge in [-0.3, -0.25) is 9.59 Å². The minimum Gasteiger partial charge on any atom is -0.481 e. The van der Waals surface area contributed by atoms with Gasteiger partial charge >= 0.3 is 5.97 Å². The number of nitrogens with zero attached hydrogens (tertiary/aromatic N) is 1. The molecule has 0 bridgehead atoms. The van der Waals surface area contributed by atoms with Gasteiger partial charge in [0.05, 0.1) is 5.41 Å². The summed E-state index contributed by atoms with van der Waals surface area (Å²) in [5.74, 6) is 0.101. The van der Waals surface area contributed by atoms with Crippen LogP contribution in [0.4, 0.5) is 0 Å². The normalized spacial score (nSPS) is 26.4. The number of hydrogen-bond acceptors (Lipinski definition) is 2. The quantitative estimate of drug-likeness (QED) is 0.927. The number of carboxylic acids is 1. The number of carbonyl (C=O) groups excluding carboxylic acids is 1. The van der Waals surface area contributed by atoms with E-state index in [9.17, 15) is 14.7 Å². The molecule has 2 atom stereocenters. The Kier molecular flexibility index (Phi) is 4.42. The zero-order chi connectivity index (χ0) is 16.4. The summed E-state index contributed by atoms with van der Waals surface area (Å²) in [6.45, 7) is 3.65. The van der Waals surface area contributed by atoms with E-state index in [0.29, 0.717) is 24.7 Å². The summed E-state index contributed by atoms with van der Waals surface area (Å²) in [7, 11) is 0. The highest BCUT2D eigenvalue weighted by atomic mass is 16.4. The first-order valence-electron chi connectivity index (χ1n) is 8.58. The molecule has 1 N–H and O–H groups in total. The Bertz CT molecular complexity index is 580. The summed E-state index contributed by atoms with van der Waals surface area (Å²) in [6.07, 6.45) is 3.34. The third kappa shape index (κ3) is 3.12. The van der Waals surface area contributed by atoms with Gasteiger partial charge in [0.1, 0.15) is 0 Å². The monoisotopic (exact) mass is 315 g/mol. The van der Waals surface area contributed by atoms with Gasteiger partial charge in [-0.05, 0) is 36.7 Å². The van der Waals surface area contributed by atoms with Crippen LogP contribution in [-0.4, -0.2) is 35.0 Å². The smallest absolute Gasteiger partial charge is 0.310 e. The van der Waals surface area contributed by atoms with E-state index in [1.54, 1.807) is 0 Å². The Morgan fingerprint density at radius 3 is 2.48 bits per heavy atom. The van der Waals surface area contributed by atoms with E-state index in [4.69, 9.17) is 0 Å². The lowest BCUT2D eigenvalue weighted by molar-refractivity contribution is -0.160. The molecule has 0 radical (unpaired) electrons. The third-order valence-electron chi connectivity index (χ3n) is 5.74. The lowest BCUT2D eigenvalue weighted by Crippen LogP contribution is -2.47. The summed E-state index contributed by atoms with van der Waals surface area (Å²) in [5, 5.41) is 9.40. The maximum atomic E-state index is 12.6. The van der Waals surface area contributed by atoms with Gasteiger partial charge < -0.3 is 10.0 Å². The van der Waals surface area contributed by atoms with E-state index in [-0.39, 0.29) is 12.3 Å². The average Bonchev–Trinajstić information content (AvgIpc) is 2.51. The second-order valence-corrected chi connectivity index (χ2v) is 7.24. The molecule has 2 fully saturated rings. The Morgan fingerprint density at radius 2 is 1.96 bits per heavy atom. The first kappa shape index (κ1) is 16.0. The fraction of sp³-hybridized carbons (Fsp3) is 0.579. The number of carbonyl (C=O) groups is 2. The van der Waals surface area contributed by atoms with Gasteiger partial charge in [-0.1, -0.05) is 43.7 Å². The van der Waals surface area contributed by atoms with Crippen molar-refractivity contribution in [3.05, 3.63) is 35.9 Å². The molecule has 1 aromatic rings. The van der Waals surface area contributed by atoms with Crippen LogP contribution in [0.15, 0.2) is 30.3 Å². The van der Waals surface area contributed by atoms with E-state index in [0.717, 1.165) is 25.9 Å². The van der Waals surface area contributed by atoms with Crippen LogP contribution in [-0.2, 0) is 9.59 Å². The molecular formula is C19H25NO3. The zero-order valence-corrected chi connectivity index (χ0v) is 13.7. The number of aliphatic carboxylic acids is 1. The summed E-state index contributed by atoms with van der Waals surface area (Å²) < 4.78 is 0. The fourth-order valence-corrected chi connectivity index (χ4v) is 4.04. The number of benzene rings is 1. The van der Waals surface area contributed by atoms with Crippen LogP contribution < -0.4 is 0 Å². The lowest BCUT2D eigenvalue weighted by atomic mass is 9.66. The van der Waals surface area contributed by atoms with Crippen molar-refractivity contribution in [2.45, 2.75) is 44.9 Å². The van der Waals surface area contributed by atoms with Crippen molar-refractivity contribution in [2.24, 2.45) is 11.3 Å². The van der Waals surface area contributed by atoms with Crippen molar-refractivity contribution in [3.8, 4) is 0 Å². The largest absolute Gasteiger partial charge is 0.481 e. The zero-order valence-electron chi connectivity index (χ0n) is 13.7. The molecule has 3 rings (SSSR count). The van der Waals surface area contributed by atoms with Crippen molar-refractivity contribution in [2.75, 3.05) is 13.1 Å². The minimum absolute atomic E-state index is 0.0189. The maximum Gasteiger partial charge on any atom is 0.310 e. The van der Waals surface area contributed by atoms with Gasteiger partial charge in [0.15, 0.2) is 0 Å². The van der Waals surface area contributed by atoms with Crippen LogP contribution in [0.5, 0.6) is 0 Å². The highest BCUT2D eigenvalue weighted by Crippen LogP contribution is 2.45. The van der Waals surface area contributed by atoms with Crippen LogP contribution in [0.2, 0.25) is 0 Å². The molecule has 124 valence electrons. The second kappa shape index (κ2) is 6.34. The topological polar surface area (TPSA) is 57.6 Å². The Morgan fingerprint density at radius 1 is 1.26 bits per heavy atom. The molecule has 2 aliphatic rings. The van der Waals surface area contributed by atoms with E-state index < -0.39 is 11.4 Å². The summed E-state index contributed by atoms with van der Waals surface area (Å²) in [4.78, 5) is 25.9. The molecule has 1 saturated heterocycles. The first-order chi connectivity index (χ1) is 11.0. The molecule has 1 amide bonds. The van der Waals surface area contributed by atoms with Crippen molar-refractivity contribution in [1.82, 2.24) is 4.90 Å². The van der Waals surface area contributed by atoms with Crippen LogP contribution in [0.25, 0.3) is 0 Å². The van der Waals surface area contributed by atoms with E-state index in [2.05, 4.69) is 31.2 Å². The Balaban J connectivity index is 1.61. The number of carboxylic acid groups (broad SMARTS) is 1. The van der Waals surface area contributed by atoms with Crippen molar-refractivity contribution in [1.29, 1.82) is 0 Å². The highest BCUT2D eigenvalue weighted by molar-refractivity contribution is 5.85. The van der Waals surface area contributed by atoms with Gasteiger partial charge in [-0.25, -0.2) is 0 Å². The van der Waals surface area contributed by atoms with Crippen LogP contribution in [0, 0.1) is 11.3 Å². The molecule has 1 aromatic carbocycles. The molecule has 1 heterocycles. The van der Waals surface area contributed by atoms with Crippen LogP contribution in [0.1, 0.15) is 50.5 Å². The molecule has 1 aliphatic heterocycles. The average molecular weight is 315 g/mol. The highest BCUT2D eigenvalue weighted by Gasteiger charge is 2.47. The number of likely N-dealkylation sites (tertiary alicyclic amines) is 1. The third-order valence-corrected chi connectivity index (χ3v) is 5.74. The predicted molar refractivity (Wildman–Crippen MR) is 88.1 cm³/mol. The molecule has 4 heteroatoms. The lowest BCUT2D eigenvalue weighted by Gasteiger charge is -2.41. The number of amides is 1. The number of hydrogen-bond donors (Lipinski definition) is 1. The van der Waals surface area contributed by atoms with E-state index in [1.807, 2.05) is 11.0 Å². The van der Waals surface area contributed by atoms with E-state index in [1.165, 1.54) is 5.56 Å². The Labute approximate surface area is 137 Å². The molecule has 1 aliphatic carbocycles. The minimum atomic E-state index is -0.802. The molecular weight excluding hydrogens is 290 g/mol. The second-order valence-electron chi connectivity index (χ2n) is 7.24. The summed E-state index contributed by atoms with van der Waals surface area (Å²) >= 11 is 0. The van der Waals surface area contributed by atoms with Crippen molar-refractivity contribution >= 4 is 11.9 Å². The number of rotatable bonds is 4. The van der Waals surface area contributed by atoms with E-state index >= 15 is 0 Å². The Hall–Kier alpha value is -1.84. The summed E-state index contributed by atoms with van der Waals surface area (Å²) in [5.41, 5.74) is 0.560. The first-order valence-corrected chi connectivity index (χ1v) is 8.58. The molecule has 2 unspecified atom stereocenters. The van der Waals surface area contributed by atoms with Crippen LogP contribution in [0.3, 0.4) is 0 Å². The SMILES string of the molecule is CC1CN(C(=O)CC2(C(=O)O)CCC2)CCC1c1ccccc1. The van der Waals surface area contributed by atoms with Gasteiger partial charge in [-0.2, -0.15) is 0 Å². The maximum absolute atomic E-state index is 12.6.